The maximum Gasteiger partial charge on any atom is 0.255 e. The Morgan fingerprint density at radius 3 is 2.11 bits per heavy atom. The average Bonchev–Trinajstić information content (AvgIpc) is 2.87. The fourth-order valence-corrected chi connectivity index (χ4v) is 3.59. The molecule has 0 saturated carbocycles. The van der Waals surface area contributed by atoms with Crippen LogP contribution in [0.1, 0.15) is 29.9 Å². The van der Waals surface area contributed by atoms with E-state index in [9.17, 15) is 4.79 Å². The minimum Gasteiger partial charge on any atom is -0.457 e. The number of amides is 1. The van der Waals surface area contributed by atoms with E-state index in [4.69, 9.17) is 4.74 Å². The largest absolute Gasteiger partial charge is 0.457 e. The first-order chi connectivity index (χ1) is 17.0. The summed E-state index contributed by atoms with van der Waals surface area (Å²) >= 11 is 0. The van der Waals surface area contributed by atoms with Crippen molar-refractivity contribution in [2.75, 3.05) is 28.6 Å². The van der Waals surface area contributed by atoms with Crippen molar-refractivity contribution < 1.29 is 9.53 Å². The summed E-state index contributed by atoms with van der Waals surface area (Å²) in [4.78, 5) is 24.0. The number of hydrogen-bond donors (Lipinski definition) is 2. The molecular weight excluding hydrogens is 438 g/mol. The lowest BCUT2D eigenvalue weighted by molar-refractivity contribution is 0.102. The number of nitrogens with one attached hydrogen (secondary N) is 2. The van der Waals surface area contributed by atoms with Gasteiger partial charge in [-0.3, -0.25) is 4.79 Å². The number of aromatic nitrogens is 2. The second-order valence-corrected chi connectivity index (χ2v) is 7.96. The molecule has 4 aromatic rings. The lowest BCUT2D eigenvalue weighted by Gasteiger charge is -2.20. The van der Waals surface area contributed by atoms with E-state index in [1.54, 1.807) is 24.3 Å². The summed E-state index contributed by atoms with van der Waals surface area (Å²) in [6.07, 6.45) is 0. The third-order valence-corrected chi connectivity index (χ3v) is 5.42. The Balaban J connectivity index is 1.37. The summed E-state index contributed by atoms with van der Waals surface area (Å²) < 4.78 is 5.78. The first-order valence-electron chi connectivity index (χ1n) is 11.7. The molecule has 0 aliphatic heterocycles. The first kappa shape index (κ1) is 23.8. The molecule has 2 N–H and O–H groups in total. The molecule has 0 radical (unpaired) electrons. The van der Waals surface area contributed by atoms with Gasteiger partial charge in [0.1, 0.15) is 17.3 Å². The Bertz CT molecular complexity index is 1260. The molecule has 1 aromatic heterocycles. The van der Waals surface area contributed by atoms with E-state index < -0.39 is 0 Å². The van der Waals surface area contributed by atoms with Crippen molar-refractivity contribution in [1.82, 2.24) is 9.97 Å². The number of anilines is 4. The number of ether oxygens (including phenoxy) is 1. The Labute approximate surface area is 205 Å². The number of hydrogen-bond acceptors (Lipinski definition) is 6. The molecule has 0 aliphatic rings. The molecule has 0 atom stereocenters. The summed E-state index contributed by atoms with van der Waals surface area (Å²) in [6, 6.07) is 26.0. The van der Waals surface area contributed by atoms with Gasteiger partial charge in [-0.05, 0) is 81.4 Å². The third-order valence-electron chi connectivity index (χ3n) is 5.42. The summed E-state index contributed by atoms with van der Waals surface area (Å²) in [7, 11) is 0. The van der Waals surface area contributed by atoms with Crippen molar-refractivity contribution >= 4 is 29.0 Å². The highest BCUT2D eigenvalue weighted by Crippen LogP contribution is 2.23. The van der Waals surface area contributed by atoms with Crippen LogP contribution in [0.3, 0.4) is 0 Å². The molecule has 0 bridgehead atoms. The first-order valence-corrected chi connectivity index (χ1v) is 11.7. The van der Waals surface area contributed by atoms with E-state index in [0.717, 1.165) is 36.0 Å². The summed E-state index contributed by atoms with van der Waals surface area (Å²) in [6.45, 7) is 7.92. The minimum atomic E-state index is -0.192. The van der Waals surface area contributed by atoms with E-state index in [0.29, 0.717) is 22.9 Å². The summed E-state index contributed by atoms with van der Waals surface area (Å²) in [5.41, 5.74) is 2.97. The van der Waals surface area contributed by atoms with E-state index in [-0.39, 0.29) is 5.91 Å². The zero-order chi connectivity index (χ0) is 24.6. The fraction of sp³-hybridized carbons (Fsp3) is 0.179. The maximum atomic E-state index is 12.7. The van der Waals surface area contributed by atoms with E-state index >= 15 is 0 Å². The smallest absolute Gasteiger partial charge is 0.255 e. The zero-order valence-electron chi connectivity index (χ0n) is 20.2. The standard InChI is InChI=1S/C28H29N5O2/c1-4-33(5-2)26-19-20(3)29-28(32-26)31-23-15-13-22(14-16-23)30-27(34)21-11-17-25(18-12-21)35-24-9-7-6-8-10-24/h6-19H,4-5H2,1-3H3,(H,30,34)(H,29,31,32). The molecule has 35 heavy (non-hydrogen) atoms. The average molecular weight is 468 g/mol. The fourth-order valence-electron chi connectivity index (χ4n) is 3.59. The maximum absolute atomic E-state index is 12.7. The Hall–Kier alpha value is -4.39. The molecule has 7 nitrogen and oxygen atoms in total. The molecule has 0 aliphatic carbocycles. The zero-order valence-corrected chi connectivity index (χ0v) is 20.2. The van der Waals surface area contributed by atoms with Crippen molar-refractivity contribution in [2.45, 2.75) is 20.8 Å². The molecule has 0 saturated heterocycles. The highest BCUT2D eigenvalue weighted by molar-refractivity contribution is 6.04. The molecule has 3 aromatic carbocycles. The quantitative estimate of drug-likeness (QED) is 0.296. The molecule has 4 rings (SSSR count). The second kappa shape index (κ2) is 11.2. The number of carbonyl (C=O) groups is 1. The molecule has 0 spiro atoms. The normalized spacial score (nSPS) is 10.5. The Morgan fingerprint density at radius 1 is 0.829 bits per heavy atom. The van der Waals surface area contributed by atoms with Gasteiger partial charge in [-0.2, -0.15) is 4.98 Å². The van der Waals surface area contributed by atoms with Gasteiger partial charge in [0.2, 0.25) is 5.95 Å². The van der Waals surface area contributed by atoms with E-state index in [1.165, 1.54) is 0 Å². The molecule has 7 heteroatoms. The Morgan fingerprint density at radius 2 is 1.46 bits per heavy atom. The lowest BCUT2D eigenvalue weighted by Crippen LogP contribution is -2.23. The summed E-state index contributed by atoms with van der Waals surface area (Å²) in [5.74, 6) is 2.67. The van der Waals surface area contributed by atoms with Gasteiger partial charge >= 0.3 is 0 Å². The van der Waals surface area contributed by atoms with Crippen LogP contribution < -0.4 is 20.3 Å². The molecule has 178 valence electrons. The van der Waals surface area contributed by atoms with Crippen molar-refractivity contribution in [3.05, 3.63) is 96.2 Å². The Kier molecular flexibility index (Phi) is 7.57. The predicted octanol–water partition coefficient (Wildman–Crippen LogP) is 6.42. The molecular formula is C28H29N5O2. The van der Waals surface area contributed by atoms with Crippen LogP contribution in [0, 0.1) is 6.92 Å². The molecule has 1 amide bonds. The van der Waals surface area contributed by atoms with Crippen molar-refractivity contribution in [2.24, 2.45) is 0 Å². The van der Waals surface area contributed by atoms with Crippen LogP contribution >= 0.6 is 0 Å². The number of rotatable bonds is 9. The van der Waals surface area contributed by atoms with Crippen LogP contribution in [0.15, 0.2) is 84.9 Å². The number of benzene rings is 3. The minimum absolute atomic E-state index is 0.192. The van der Waals surface area contributed by atoms with Gasteiger partial charge in [0, 0.05) is 41.8 Å². The van der Waals surface area contributed by atoms with Crippen LogP contribution in [0.4, 0.5) is 23.1 Å². The number of para-hydroxylation sites is 1. The topological polar surface area (TPSA) is 79.4 Å². The van der Waals surface area contributed by atoms with Crippen molar-refractivity contribution in [1.29, 1.82) is 0 Å². The van der Waals surface area contributed by atoms with Gasteiger partial charge in [-0.15, -0.1) is 0 Å². The van der Waals surface area contributed by atoms with Crippen LogP contribution in [0.2, 0.25) is 0 Å². The molecule has 0 unspecified atom stereocenters. The van der Waals surface area contributed by atoms with Gasteiger partial charge < -0.3 is 20.3 Å². The number of nitrogens with zero attached hydrogens (tertiary/aromatic N) is 3. The molecule has 1 heterocycles. The van der Waals surface area contributed by atoms with Crippen LogP contribution in [-0.4, -0.2) is 29.0 Å². The predicted molar refractivity (Wildman–Crippen MR) is 141 cm³/mol. The van der Waals surface area contributed by atoms with Crippen molar-refractivity contribution in [3.63, 3.8) is 0 Å². The molecule has 0 fully saturated rings. The monoisotopic (exact) mass is 467 g/mol. The van der Waals surface area contributed by atoms with E-state index in [2.05, 4.69) is 39.3 Å². The number of aryl methyl sites for hydroxylation is 1. The van der Waals surface area contributed by atoms with Crippen molar-refractivity contribution in [3.8, 4) is 11.5 Å². The highest BCUT2D eigenvalue weighted by atomic mass is 16.5. The SMILES string of the molecule is CCN(CC)c1cc(C)nc(Nc2ccc(NC(=O)c3ccc(Oc4ccccc4)cc3)cc2)n1. The second-order valence-electron chi connectivity index (χ2n) is 7.96. The lowest BCUT2D eigenvalue weighted by atomic mass is 10.2. The van der Waals surface area contributed by atoms with Gasteiger partial charge in [0.15, 0.2) is 0 Å². The summed E-state index contributed by atoms with van der Waals surface area (Å²) in [5, 5.41) is 6.17. The highest BCUT2D eigenvalue weighted by Gasteiger charge is 2.09. The van der Waals surface area contributed by atoms with Gasteiger partial charge in [-0.25, -0.2) is 4.98 Å². The van der Waals surface area contributed by atoms with Gasteiger partial charge in [-0.1, -0.05) is 18.2 Å². The van der Waals surface area contributed by atoms with Crippen LogP contribution in [-0.2, 0) is 0 Å². The third kappa shape index (κ3) is 6.35. The van der Waals surface area contributed by atoms with Gasteiger partial charge in [0.25, 0.3) is 5.91 Å². The van der Waals surface area contributed by atoms with Crippen LogP contribution in [0.5, 0.6) is 11.5 Å². The number of carbonyl (C=O) groups excluding carboxylic acids is 1. The van der Waals surface area contributed by atoms with E-state index in [1.807, 2.05) is 67.6 Å². The van der Waals surface area contributed by atoms with Crippen LogP contribution in [0.25, 0.3) is 0 Å². The van der Waals surface area contributed by atoms with Gasteiger partial charge in [0.05, 0.1) is 0 Å².